The molecule has 1 aliphatic heterocycles. The van der Waals surface area contributed by atoms with Gasteiger partial charge < -0.3 is 24.3 Å². The van der Waals surface area contributed by atoms with Crippen LogP contribution in [0.2, 0.25) is 0 Å². The molecule has 0 N–H and O–H groups in total. The summed E-state index contributed by atoms with van der Waals surface area (Å²) in [5.74, 6) is 1.93. The Kier molecular flexibility index (Phi) is 4.15. The molecule has 0 aliphatic carbocycles. The van der Waals surface area contributed by atoms with Crippen molar-refractivity contribution in [2.24, 2.45) is 0 Å². The fourth-order valence-electron chi connectivity index (χ4n) is 2.82. The van der Waals surface area contributed by atoms with Gasteiger partial charge in [0.2, 0.25) is 0 Å². The van der Waals surface area contributed by atoms with E-state index >= 15 is 0 Å². The second-order valence-electron chi connectivity index (χ2n) is 6.49. The van der Waals surface area contributed by atoms with Crippen LogP contribution in [0.15, 0.2) is 60.8 Å². The summed E-state index contributed by atoms with van der Waals surface area (Å²) >= 11 is 0. The van der Waals surface area contributed by atoms with Crippen molar-refractivity contribution in [3.8, 4) is 23.3 Å². The maximum atomic E-state index is 10.8. The Balaban J connectivity index is 1.35. The molecular weight excluding hydrogens is 350 g/mol. The Hall–Kier alpha value is -3.55. The first-order chi connectivity index (χ1) is 13.0. The van der Waals surface area contributed by atoms with Crippen molar-refractivity contribution in [1.29, 1.82) is 0 Å². The standard InChI is InChI=1S/C19H17N3O5/c1-19(12-21-11-17(22(23)24)20-18(21)27-19)13-25-14-7-9-16(10-8-14)26-15-5-3-2-4-6-15/h2-11H,12-13H2,1H3. The van der Waals surface area contributed by atoms with Crippen molar-refractivity contribution >= 4 is 5.82 Å². The predicted molar refractivity (Wildman–Crippen MR) is 96.4 cm³/mol. The number of rotatable bonds is 6. The summed E-state index contributed by atoms with van der Waals surface area (Å²) in [6, 6.07) is 17.1. The summed E-state index contributed by atoms with van der Waals surface area (Å²) in [5, 5.41) is 10.8. The van der Waals surface area contributed by atoms with Gasteiger partial charge in [0.1, 0.15) is 30.1 Å². The van der Waals surface area contributed by atoms with Gasteiger partial charge in [0.05, 0.1) is 6.54 Å². The molecule has 0 radical (unpaired) electrons. The average molecular weight is 367 g/mol. The first-order valence-electron chi connectivity index (χ1n) is 8.37. The van der Waals surface area contributed by atoms with Gasteiger partial charge in [0.15, 0.2) is 5.60 Å². The lowest BCUT2D eigenvalue weighted by Gasteiger charge is -2.22. The van der Waals surface area contributed by atoms with E-state index in [0.29, 0.717) is 18.0 Å². The van der Waals surface area contributed by atoms with Gasteiger partial charge in [-0.2, -0.15) is 0 Å². The molecule has 3 aromatic rings. The van der Waals surface area contributed by atoms with Gasteiger partial charge in [-0.1, -0.05) is 18.2 Å². The number of hydrogen-bond acceptors (Lipinski definition) is 6. The fourth-order valence-corrected chi connectivity index (χ4v) is 2.82. The highest BCUT2D eigenvalue weighted by molar-refractivity contribution is 5.35. The summed E-state index contributed by atoms with van der Waals surface area (Å²) in [4.78, 5) is 14.1. The number of ether oxygens (including phenoxy) is 3. The highest BCUT2D eigenvalue weighted by Gasteiger charge is 2.41. The zero-order chi connectivity index (χ0) is 18.9. The van der Waals surface area contributed by atoms with E-state index in [4.69, 9.17) is 14.2 Å². The monoisotopic (exact) mass is 367 g/mol. The minimum atomic E-state index is -0.642. The molecule has 1 aromatic heterocycles. The highest BCUT2D eigenvalue weighted by Crippen LogP contribution is 2.31. The van der Waals surface area contributed by atoms with Crippen molar-refractivity contribution in [3.63, 3.8) is 0 Å². The number of imidazole rings is 1. The van der Waals surface area contributed by atoms with Crippen LogP contribution in [0.25, 0.3) is 0 Å². The molecule has 8 heteroatoms. The third-order valence-corrected chi connectivity index (χ3v) is 4.10. The molecule has 138 valence electrons. The van der Waals surface area contributed by atoms with Gasteiger partial charge >= 0.3 is 11.8 Å². The molecular formula is C19H17N3O5. The van der Waals surface area contributed by atoms with Crippen LogP contribution in [0.1, 0.15) is 6.92 Å². The van der Waals surface area contributed by atoms with Crippen molar-refractivity contribution in [3.05, 3.63) is 70.9 Å². The van der Waals surface area contributed by atoms with Crippen LogP contribution >= 0.6 is 0 Å². The number of nitro groups is 1. The molecule has 1 aliphatic rings. The molecule has 2 aromatic carbocycles. The number of fused-ring (bicyclic) bond motifs is 1. The van der Waals surface area contributed by atoms with E-state index in [2.05, 4.69) is 4.98 Å². The van der Waals surface area contributed by atoms with Crippen LogP contribution in [0.4, 0.5) is 5.82 Å². The second kappa shape index (κ2) is 6.64. The van der Waals surface area contributed by atoms with Crippen molar-refractivity contribution in [2.45, 2.75) is 19.1 Å². The van der Waals surface area contributed by atoms with Gasteiger partial charge in [-0.05, 0) is 48.2 Å². The van der Waals surface area contributed by atoms with E-state index in [1.54, 1.807) is 4.57 Å². The largest absolute Gasteiger partial charge is 0.489 e. The summed E-state index contributed by atoms with van der Waals surface area (Å²) in [7, 11) is 0. The molecule has 0 spiro atoms. The van der Waals surface area contributed by atoms with Gasteiger partial charge in [0, 0.05) is 4.98 Å². The molecule has 27 heavy (non-hydrogen) atoms. The normalized spacial score (nSPS) is 17.8. The first-order valence-corrected chi connectivity index (χ1v) is 8.37. The van der Waals surface area contributed by atoms with E-state index in [-0.39, 0.29) is 18.4 Å². The minimum absolute atomic E-state index is 0.220. The van der Waals surface area contributed by atoms with E-state index < -0.39 is 10.5 Å². The first kappa shape index (κ1) is 16.9. The van der Waals surface area contributed by atoms with Crippen molar-refractivity contribution in [1.82, 2.24) is 9.55 Å². The summed E-state index contributed by atoms with van der Waals surface area (Å²) < 4.78 is 18.9. The molecule has 0 saturated heterocycles. The summed E-state index contributed by atoms with van der Waals surface area (Å²) in [6.07, 6.45) is 1.37. The van der Waals surface area contributed by atoms with E-state index in [0.717, 1.165) is 5.75 Å². The number of aromatic nitrogens is 2. The zero-order valence-electron chi connectivity index (χ0n) is 14.6. The van der Waals surface area contributed by atoms with Crippen LogP contribution in [0.5, 0.6) is 23.3 Å². The second-order valence-corrected chi connectivity index (χ2v) is 6.49. The third kappa shape index (κ3) is 3.69. The van der Waals surface area contributed by atoms with Gasteiger partial charge in [-0.25, -0.2) is 0 Å². The summed E-state index contributed by atoms with van der Waals surface area (Å²) in [5.41, 5.74) is -0.642. The lowest BCUT2D eigenvalue weighted by molar-refractivity contribution is -0.389. The maximum absolute atomic E-state index is 10.8. The molecule has 0 fully saturated rings. The Labute approximate surface area is 155 Å². The van der Waals surface area contributed by atoms with Crippen molar-refractivity contribution < 1.29 is 19.1 Å². The van der Waals surface area contributed by atoms with Crippen LogP contribution in [-0.4, -0.2) is 26.7 Å². The molecule has 1 atom stereocenters. The predicted octanol–water partition coefficient (Wildman–Crippen LogP) is 3.81. The minimum Gasteiger partial charge on any atom is -0.489 e. The van der Waals surface area contributed by atoms with Gasteiger partial charge in [-0.15, -0.1) is 0 Å². The maximum Gasteiger partial charge on any atom is 0.415 e. The lowest BCUT2D eigenvalue weighted by Crippen LogP contribution is -2.38. The van der Waals surface area contributed by atoms with Crippen molar-refractivity contribution in [2.75, 3.05) is 6.61 Å². The van der Waals surface area contributed by atoms with Gasteiger partial charge in [-0.3, -0.25) is 4.57 Å². The Morgan fingerprint density at radius 3 is 2.48 bits per heavy atom. The third-order valence-electron chi connectivity index (χ3n) is 4.10. The van der Waals surface area contributed by atoms with Crippen LogP contribution in [0.3, 0.4) is 0 Å². The topological polar surface area (TPSA) is 88.7 Å². The smallest absolute Gasteiger partial charge is 0.415 e. The summed E-state index contributed by atoms with van der Waals surface area (Å²) in [6.45, 7) is 2.59. The Bertz CT molecular complexity index is 930. The lowest BCUT2D eigenvalue weighted by atomic mass is 10.1. The molecule has 0 saturated carbocycles. The van der Waals surface area contributed by atoms with Crippen LogP contribution in [0, 0.1) is 10.1 Å². The van der Waals surface area contributed by atoms with Crippen LogP contribution in [-0.2, 0) is 6.54 Å². The molecule has 2 heterocycles. The van der Waals surface area contributed by atoms with Gasteiger partial charge in [0.25, 0.3) is 0 Å². The highest BCUT2D eigenvalue weighted by atomic mass is 16.6. The molecule has 0 amide bonds. The van der Waals surface area contributed by atoms with E-state index in [1.165, 1.54) is 6.20 Å². The van der Waals surface area contributed by atoms with E-state index in [1.807, 2.05) is 61.5 Å². The number of benzene rings is 2. The number of para-hydroxylation sites is 1. The fraction of sp³-hybridized carbons (Fsp3) is 0.211. The Morgan fingerprint density at radius 2 is 1.81 bits per heavy atom. The molecule has 1 unspecified atom stereocenters. The molecule has 4 rings (SSSR count). The van der Waals surface area contributed by atoms with E-state index in [9.17, 15) is 10.1 Å². The molecule has 0 bridgehead atoms. The van der Waals surface area contributed by atoms with Crippen LogP contribution < -0.4 is 14.2 Å². The zero-order valence-corrected chi connectivity index (χ0v) is 14.6. The average Bonchev–Trinajstić information content (AvgIpc) is 3.18. The quantitative estimate of drug-likeness (QED) is 0.486. The number of hydrogen-bond donors (Lipinski definition) is 0. The molecule has 8 nitrogen and oxygen atoms in total. The Morgan fingerprint density at radius 1 is 1.15 bits per heavy atom. The SMILES string of the molecule is CC1(COc2ccc(Oc3ccccc3)cc2)Cn2cc([N+](=O)[O-])nc2O1. The number of nitrogens with zero attached hydrogens (tertiary/aromatic N) is 3.